The minimum Gasteiger partial charge on any atom is -0.338 e. The average Bonchev–Trinajstić information content (AvgIpc) is 3.35. The van der Waals surface area contributed by atoms with Crippen LogP contribution in [0.5, 0.6) is 0 Å². The Hall–Kier alpha value is -2.84. The van der Waals surface area contributed by atoms with Crippen LogP contribution in [0.4, 0.5) is 18.9 Å². The molecule has 1 aliphatic heterocycles. The Balaban J connectivity index is 1.61. The summed E-state index contributed by atoms with van der Waals surface area (Å²) in [6.07, 6.45) is 0.0429. The van der Waals surface area contributed by atoms with Gasteiger partial charge in [-0.1, -0.05) is 6.42 Å². The second kappa shape index (κ2) is 7.20. The molecule has 2 amide bonds. The van der Waals surface area contributed by atoms with E-state index in [0.29, 0.717) is 24.9 Å². The highest BCUT2D eigenvalue weighted by molar-refractivity contribution is 6.04. The number of amides is 2. The van der Waals surface area contributed by atoms with Crippen LogP contribution in [-0.4, -0.2) is 39.6 Å². The first kappa shape index (κ1) is 19.5. The molecule has 4 rings (SSSR count). The maximum atomic E-state index is 13.4. The van der Waals surface area contributed by atoms with Gasteiger partial charge in [-0.05, 0) is 48.9 Å². The molecule has 9 heteroatoms. The van der Waals surface area contributed by atoms with Gasteiger partial charge in [-0.3, -0.25) is 14.3 Å². The summed E-state index contributed by atoms with van der Waals surface area (Å²) >= 11 is 0. The number of fused-ring (bicyclic) bond motifs is 1. The second-order valence-electron chi connectivity index (χ2n) is 7.75. The molecule has 1 aliphatic carbocycles. The number of hydrogen-bond acceptors (Lipinski definition) is 3. The number of alkyl halides is 3. The highest BCUT2D eigenvalue weighted by Gasteiger charge is 2.39. The predicted octanol–water partition coefficient (Wildman–Crippen LogP) is 3.56. The van der Waals surface area contributed by atoms with Crippen LogP contribution >= 0.6 is 0 Å². The van der Waals surface area contributed by atoms with Crippen LogP contribution in [0.1, 0.15) is 45.7 Å². The number of benzene rings is 1. The molecule has 1 saturated carbocycles. The topological polar surface area (TPSA) is 67.2 Å². The largest absolute Gasteiger partial charge is 0.416 e. The molecule has 2 fully saturated rings. The van der Waals surface area contributed by atoms with E-state index in [2.05, 4.69) is 10.4 Å². The first-order valence-corrected chi connectivity index (χ1v) is 9.53. The van der Waals surface area contributed by atoms with E-state index in [9.17, 15) is 22.8 Å². The molecule has 2 aliphatic rings. The SMILES string of the molecule is Cn1nccc1C(=O)Nc1cc(C(=O)N2C[C@H]3CCC[C@H]3C2)cc(C(F)(F)F)c1. The summed E-state index contributed by atoms with van der Waals surface area (Å²) < 4.78 is 41.5. The molecule has 1 saturated heterocycles. The zero-order chi connectivity index (χ0) is 20.8. The molecule has 154 valence electrons. The predicted molar refractivity (Wildman–Crippen MR) is 99.3 cm³/mol. The third-order valence-electron chi connectivity index (χ3n) is 5.83. The first-order valence-electron chi connectivity index (χ1n) is 9.53. The Morgan fingerprint density at radius 1 is 1.14 bits per heavy atom. The molecule has 2 aromatic rings. The third kappa shape index (κ3) is 3.86. The van der Waals surface area contributed by atoms with E-state index < -0.39 is 23.6 Å². The van der Waals surface area contributed by atoms with E-state index in [1.165, 1.54) is 23.0 Å². The summed E-state index contributed by atoms with van der Waals surface area (Å²) in [5.41, 5.74) is -0.917. The van der Waals surface area contributed by atoms with Crippen LogP contribution in [-0.2, 0) is 13.2 Å². The first-order chi connectivity index (χ1) is 13.7. The second-order valence-corrected chi connectivity index (χ2v) is 7.75. The number of carbonyl (C=O) groups excluding carboxylic acids is 2. The van der Waals surface area contributed by atoms with Crippen molar-refractivity contribution in [3.63, 3.8) is 0 Å². The van der Waals surface area contributed by atoms with Crippen LogP contribution in [0.25, 0.3) is 0 Å². The van der Waals surface area contributed by atoms with Crippen molar-refractivity contribution >= 4 is 17.5 Å². The number of carbonyl (C=O) groups is 2. The van der Waals surface area contributed by atoms with Crippen molar-refractivity contribution in [2.45, 2.75) is 25.4 Å². The van der Waals surface area contributed by atoms with Crippen LogP contribution in [0.15, 0.2) is 30.5 Å². The maximum Gasteiger partial charge on any atom is 0.416 e. The van der Waals surface area contributed by atoms with Gasteiger partial charge in [0.15, 0.2) is 0 Å². The van der Waals surface area contributed by atoms with Gasteiger partial charge in [-0.25, -0.2) is 0 Å². The fraction of sp³-hybridized carbons (Fsp3) is 0.450. The van der Waals surface area contributed by atoms with Gasteiger partial charge in [0.05, 0.1) is 5.56 Å². The molecule has 0 spiro atoms. The number of nitrogens with zero attached hydrogens (tertiary/aromatic N) is 3. The molecule has 6 nitrogen and oxygen atoms in total. The molecule has 29 heavy (non-hydrogen) atoms. The zero-order valence-electron chi connectivity index (χ0n) is 15.9. The van der Waals surface area contributed by atoms with E-state index in [4.69, 9.17) is 0 Å². The third-order valence-corrected chi connectivity index (χ3v) is 5.83. The van der Waals surface area contributed by atoms with E-state index >= 15 is 0 Å². The quantitative estimate of drug-likeness (QED) is 0.848. The van der Waals surface area contributed by atoms with Gasteiger partial charge in [0, 0.05) is 37.6 Å². The molecule has 0 radical (unpaired) electrons. The minimum absolute atomic E-state index is 0.0693. The van der Waals surface area contributed by atoms with Crippen molar-refractivity contribution in [2.75, 3.05) is 18.4 Å². The molecule has 1 N–H and O–H groups in total. The van der Waals surface area contributed by atoms with Crippen molar-refractivity contribution in [2.24, 2.45) is 18.9 Å². The lowest BCUT2D eigenvalue weighted by molar-refractivity contribution is -0.137. The van der Waals surface area contributed by atoms with Crippen LogP contribution in [0.2, 0.25) is 0 Å². The molecule has 0 bridgehead atoms. The molecule has 2 atom stereocenters. The average molecular weight is 406 g/mol. The summed E-state index contributed by atoms with van der Waals surface area (Å²) in [6, 6.07) is 4.46. The molecule has 1 aromatic carbocycles. The van der Waals surface area contributed by atoms with Gasteiger partial charge in [-0.2, -0.15) is 18.3 Å². The number of aryl methyl sites for hydroxylation is 1. The summed E-state index contributed by atoms with van der Waals surface area (Å²) in [5.74, 6) is -0.150. The number of likely N-dealkylation sites (tertiary alicyclic amines) is 1. The highest BCUT2D eigenvalue weighted by atomic mass is 19.4. The standard InChI is InChI=1S/C20H21F3N4O2/c1-26-17(5-6-24-26)18(28)25-16-8-14(7-15(9-16)20(21,22)23)19(29)27-10-12-3-2-4-13(12)11-27/h5-9,12-13H,2-4,10-11H2,1H3,(H,25,28)/t12-,13+. The van der Waals surface area contributed by atoms with Crippen molar-refractivity contribution in [1.29, 1.82) is 0 Å². The lowest BCUT2D eigenvalue weighted by Crippen LogP contribution is -2.30. The van der Waals surface area contributed by atoms with Gasteiger partial charge in [-0.15, -0.1) is 0 Å². The van der Waals surface area contributed by atoms with Crippen LogP contribution < -0.4 is 5.32 Å². The number of nitrogens with one attached hydrogen (secondary N) is 1. The van der Waals surface area contributed by atoms with Gasteiger partial charge in [0.1, 0.15) is 5.69 Å². The van der Waals surface area contributed by atoms with Crippen LogP contribution in [0, 0.1) is 11.8 Å². The zero-order valence-corrected chi connectivity index (χ0v) is 15.9. The number of rotatable bonds is 3. The lowest BCUT2D eigenvalue weighted by Gasteiger charge is -2.19. The van der Waals surface area contributed by atoms with Gasteiger partial charge in [0.25, 0.3) is 11.8 Å². The Kier molecular flexibility index (Phi) is 4.84. The van der Waals surface area contributed by atoms with Gasteiger partial charge < -0.3 is 10.2 Å². The fourth-order valence-corrected chi connectivity index (χ4v) is 4.36. The maximum absolute atomic E-state index is 13.4. The van der Waals surface area contributed by atoms with Gasteiger partial charge >= 0.3 is 6.18 Å². The monoisotopic (exact) mass is 406 g/mol. The van der Waals surface area contributed by atoms with Crippen molar-refractivity contribution in [1.82, 2.24) is 14.7 Å². The van der Waals surface area contributed by atoms with Crippen molar-refractivity contribution < 1.29 is 22.8 Å². The molecular weight excluding hydrogens is 385 g/mol. The number of halogens is 3. The lowest BCUT2D eigenvalue weighted by atomic mass is 10.0. The number of anilines is 1. The number of hydrogen-bond donors (Lipinski definition) is 1. The Morgan fingerprint density at radius 3 is 2.41 bits per heavy atom. The smallest absolute Gasteiger partial charge is 0.338 e. The molecular formula is C20H21F3N4O2. The summed E-state index contributed by atoms with van der Waals surface area (Å²) in [6.45, 7) is 1.16. The molecule has 1 aromatic heterocycles. The normalized spacial score (nSPS) is 21.3. The Morgan fingerprint density at radius 2 is 1.83 bits per heavy atom. The van der Waals surface area contributed by atoms with Gasteiger partial charge in [0.2, 0.25) is 0 Å². The fourth-order valence-electron chi connectivity index (χ4n) is 4.36. The summed E-state index contributed by atoms with van der Waals surface area (Å²) in [5, 5.41) is 6.33. The van der Waals surface area contributed by atoms with Crippen molar-refractivity contribution in [3.05, 3.63) is 47.3 Å². The Labute approximate surface area is 165 Å². The van der Waals surface area contributed by atoms with Crippen LogP contribution in [0.3, 0.4) is 0 Å². The van der Waals surface area contributed by atoms with E-state index in [1.54, 1.807) is 11.9 Å². The molecule has 0 unspecified atom stereocenters. The van der Waals surface area contributed by atoms with E-state index in [0.717, 1.165) is 31.4 Å². The number of aromatic nitrogens is 2. The van der Waals surface area contributed by atoms with E-state index in [1.807, 2.05) is 0 Å². The summed E-state index contributed by atoms with van der Waals surface area (Å²) in [7, 11) is 1.56. The summed E-state index contributed by atoms with van der Waals surface area (Å²) in [4.78, 5) is 26.9. The highest BCUT2D eigenvalue weighted by Crippen LogP contribution is 2.39. The Bertz CT molecular complexity index is 941. The van der Waals surface area contributed by atoms with E-state index in [-0.39, 0.29) is 16.9 Å². The van der Waals surface area contributed by atoms with Crippen molar-refractivity contribution in [3.8, 4) is 0 Å². The minimum atomic E-state index is -4.64. The molecule has 2 heterocycles.